The minimum absolute atomic E-state index is 0.770. The van der Waals surface area contributed by atoms with Crippen molar-refractivity contribution in [1.29, 1.82) is 0 Å². The zero-order valence-corrected chi connectivity index (χ0v) is 8.96. The fourth-order valence-electron chi connectivity index (χ4n) is 1.42. The van der Waals surface area contributed by atoms with Crippen LogP contribution >= 0.6 is 0 Å². The molecular formula is C12H16O2. The van der Waals surface area contributed by atoms with E-state index in [1.807, 2.05) is 25.1 Å². The van der Waals surface area contributed by atoms with Gasteiger partial charge in [0.15, 0.2) is 11.5 Å². The Labute approximate surface area is 85.2 Å². The zero-order valence-electron chi connectivity index (χ0n) is 8.96. The van der Waals surface area contributed by atoms with E-state index in [1.165, 1.54) is 0 Å². The number of hydrogen-bond acceptors (Lipinski definition) is 2. The lowest BCUT2D eigenvalue weighted by Gasteiger charge is -2.12. The highest BCUT2D eigenvalue weighted by molar-refractivity contribution is 5.47. The third kappa shape index (κ3) is 2.28. The van der Waals surface area contributed by atoms with Crippen LogP contribution in [0.25, 0.3) is 0 Å². The second-order valence-corrected chi connectivity index (χ2v) is 3.29. The highest BCUT2D eigenvalue weighted by Gasteiger charge is 2.08. The van der Waals surface area contributed by atoms with Gasteiger partial charge in [0.1, 0.15) is 0 Å². The first kappa shape index (κ1) is 10.6. The Morgan fingerprint density at radius 3 is 2.50 bits per heavy atom. The summed E-state index contributed by atoms with van der Waals surface area (Å²) in [6.45, 7) is 5.88. The lowest BCUT2D eigenvalue weighted by Crippen LogP contribution is -1.96. The van der Waals surface area contributed by atoms with Crippen LogP contribution in [0.1, 0.15) is 12.5 Å². The van der Waals surface area contributed by atoms with Crippen molar-refractivity contribution >= 4 is 0 Å². The molecule has 0 saturated heterocycles. The van der Waals surface area contributed by atoms with Crippen LogP contribution in [0, 0.1) is 0 Å². The first-order valence-corrected chi connectivity index (χ1v) is 4.53. The maximum absolute atomic E-state index is 5.30. The topological polar surface area (TPSA) is 18.5 Å². The van der Waals surface area contributed by atoms with E-state index in [2.05, 4.69) is 6.58 Å². The zero-order chi connectivity index (χ0) is 10.6. The van der Waals surface area contributed by atoms with E-state index in [4.69, 9.17) is 9.47 Å². The Hall–Kier alpha value is -1.44. The third-order valence-corrected chi connectivity index (χ3v) is 1.98. The highest BCUT2D eigenvalue weighted by atomic mass is 16.5. The molecule has 0 atom stereocenters. The summed E-state index contributed by atoms with van der Waals surface area (Å²) in [6.07, 6.45) is 0.820. The fraction of sp³-hybridized carbons (Fsp3) is 0.333. The lowest BCUT2D eigenvalue weighted by molar-refractivity contribution is 0.352. The quantitative estimate of drug-likeness (QED) is 0.683. The van der Waals surface area contributed by atoms with Gasteiger partial charge in [-0.15, -0.1) is 0 Å². The predicted octanol–water partition coefficient (Wildman–Crippen LogP) is 2.82. The van der Waals surface area contributed by atoms with Crippen LogP contribution in [0.2, 0.25) is 0 Å². The van der Waals surface area contributed by atoms with E-state index in [0.717, 1.165) is 29.1 Å². The molecule has 0 unspecified atom stereocenters. The Kier molecular flexibility index (Phi) is 3.57. The average molecular weight is 192 g/mol. The molecule has 2 heteroatoms. The summed E-state index contributed by atoms with van der Waals surface area (Å²) in [6, 6.07) is 5.87. The van der Waals surface area contributed by atoms with Crippen LogP contribution in [-0.2, 0) is 6.42 Å². The molecule has 0 saturated carbocycles. The smallest absolute Gasteiger partial charge is 0.164 e. The molecule has 1 aromatic carbocycles. The predicted molar refractivity (Wildman–Crippen MR) is 58.1 cm³/mol. The molecule has 76 valence electrons. The summed E-state index contributed by atoms with van der Waals surface area (Å²) in [5.74, 6) is 1.57. The van der Waals surface area contributed by atoms with E-state index in [1.54, 1.807) is 14.2 Å². The van der Waals surface area contributed by atoms with Crippen LogP contribution in [-0.4, -0.2) is 14.2 Å². The van der Waals surface area contributed by atoms with Gasteiger partial charge < -0.3 is 9.47 Å². The lowest BCUT2D eigenvalue weighted by atomic mass is 10.1. The van der Waals surface area contributed by atoms with Crippen molar-refractivity contribution in [2.45, 2.75) is 13.3 Å². The van der Waals surface area contributed by atoms with Crippen molar-refractivity contribution in [3.05, 3.63) is 35.9 Å². The van der Waals surface area contributed by atoms with Crippen LogP contribution < -0.4 is 9.47 Å². The molecule has 0 fully saturated rings. The van der Waals surface area contributed by atoms with Gasteiger partial charge in [0.25, 0.3) is 0 Å². The van der Waals surface area contributed by atoms with Crippen LogP contribution in [0.5, 0.6) is 11.5 Å². The summed E-state index contributed by atoms with van der Waals surface area (Å²) >= 11 is 0. The van der Waals surface area contributed by atoms with Crippen molar-refractivity contribution in [3.63, 3.8) is 0 Å². The Bertz CT molecular complexity index is 329. The molecule has 0 amide bonds. The first-order chi connectivity index (χ1) is 6.69. The van der Waals surface area contributed by atoms with Gasteiger partial charge in [-0.1, -0.05) is 24.3 Å². The van der Waals surface area contributed by atoms with Crippen molar-refractivity contribution in [2.75, 3.05) is 14.2 Å². The molecule has 0 heterocycles. The van der Waals surface area contributed by atoms with Crippen molar-refractivity contribution in [2.24, 2.45) is 0 Å². The normalized spacial score (nSPS) is 9.64. The molecule has 1 aromatic rings. The molecular weight excluding hydrogens is 176 g/mol. The van der Waals surface area contributed by atoms with Gasteiger partial charge in [0.05, 0.1) is 14.2 Å². The van der Waals surface area contributed by atoms with Gasteiger partial charge in [-0.2, -0.15) is 0 Å². The standard InChI is InChI=1S/C12H16O2/c1-9(2)8-10-6-5-7-11(13-3)12(10)14-4/h5-7H,1,8H2,2-4H3. The van der Waals surface area contributed by atoms with Crippen molar-refractivity contribution in [1.82, 2.24) is 0 Å². The summed E-state index contributed by atoms with van der Waals surface area (Å²) in [4.78, 5) is 0. The number of hydrogen-bond donors (Lipinski definition) is 0. The van der Waals surface area contributed by atoms with Crippen LogP contribution in [0.3, 0.4) is 0 Å². The highest BCUT2D eigenvalue weighted by Crippen LogP contribution is 2.31. The third-order valence-electron chi connectivity index (χ3n) is 1.98. The second-order valence-electron chi connectivity index (χ2n) is 3.29. The van der Waals surface area contributed by atoms with E-state index in [-0.39, 0.29) is 0 Å². The maximum Gasteiger partial charge on any atom is 0.164 e. The molecule has 14 heavy (non-hydrogen) atoms. The second kappa shape index (κ2) is 4.70. The van der Waals surface area contributed by atoms with Gasteiger partial charge >= 0.3 is 0 Å². The van der Waals surface area contributed by atoms with E-state index in [0.29, 0.717) is 0 Å². The fourth-order valence-corrected chi connectivity index (χ4v) is 1.42. The number of methoxy groups -OCH3 is 2. The number of benzene rings is 1. The molecule has 0 aromatic heterocycles. The molecule has 0 aliphatic rings. The number of allylic oxidation sites excluding steroid dienone is 1. The molecule has 0 spiro atoms. The summed E-state index contributed by atoms with van der Waals surface area (Å²) in [5.41, 5.74) is 2.22. The Morgan fingerprint density at radius 2 is 2.00 bits per heavy atom. The molecule has 0 aliphatic heterocycles. The molecule has 0 N–H and O–H groups in total. The summed E-state index contributed by atoms with van der Waals surface area (Å²) in [7, 11) is 3.29. The molecule has 0 radical (unpaired) electrons. The molecule has 0 aliphatic carbocycles. The first-order valence-electron chi connectivity index (χ1n) is 4.53. The largest absolute Gasteiger partial charge is 0.493 e. The van der Waals surface area contributed by atoms with E-state index < -0.39 is 0 Å². The number of ether oxygens (including phenoxy) is 2. The number of rotatable bonds is 4. The van der Waals surface area contributed by atoms with Crippen LogP contribution in [0.15, 0.2) is 30.4 Å². The Balaban J connectivity index is 3.08. The van der Waals surface area contributed by atoms with Gasteiger partial charge in [0.2, 0.25) is 0 Å². The minimum Gasteiger partial charge on any atom is -0.493 e. The van der Waals surface area contributed by atoms with Gasteiger partial charge in [-0.3, -0.25) is 0 Å². The molecule has 2 nitrogen and oxygen atoms in total. The summed E-state index contributed by atoms with van der Waals surface area (Å²) in [5, 5.41) is 0. The SMILES string of the molecule is C=C(C)Cc1cccc(OC)c1OC. The van der Waals surface area contributed by atoms with E-state index >= 15 is 0 Å². The van der Waals surface area contributed by atoms with Crippen molar-refractivity contribution in [3.8, 4) is 11.5 Å². The molecule has 1 rings (SSSR count). The van der Waals surface area contributed by atoms with Gasteiger partial charge in [0, 0.05) is 5.56 Å². The number of para-hydroxylation sites is 1. The van der Waals surface area contributed by atoms with E-state index in [9.17, 15) is 0 Å². The van der Waals surface area contributed by atoms with Gasteiger partial charge in [-0.05, 0) is 19.4 Å². The Morgan fingerprint density at radius 1 is 1.29 bits per heavy atom. The molecule has 0 bridgehead atoms. The van der Waals surface area contributed by atoms with Crippen LogP contribution in [0.4, 0.5) is 0 Å². The summed E-state index contributed by atoms with van der Waals surface area (Å²) < 4.78 is 10.5. The maximum atomic E-state index is 5.30. The monoisotopic (exact) mass is 192 g/mol. The van der Waals surface area contributed by atoms with Crippen molar-refractivity contribution < 1.29 is 9.47 Å². The van der Waals surface area contributed by atoms with Gasteiger partial charge in [-0.25, -0.2) is 0 Å². The minimum atomic E-state index is 0.770. The average Bonchev–Trinajstić information content (AvgIpc) is 2.16.